The second-order valence-corrected chi connectivity index (χ2v) is 7.00. The summed E-state index contributed by atoms with van der Waals surface area (Å²) < 4.78 is 5.76. The minimum absolute atomic E-state index is 0.228. The van der Waals surface area contributed by atoms with E-state index in [-0.39, 0.29) is 6.10 Å². The van der Waals surface area contributed by atoms with Crippen molar-refractivity contribution in [3.63, 3.8) is 0 Å². The fourth-order valence-electron chi connectivity index (χ4n) is 3.44. The standard InChI is InChI=1S/C18H28N2O/c1-12(2)21-17-7-8-18(13(3)9-17)19-15-10-14(4)20(11-15)16-5-6-16/h7-9,12,14-16,19H,5-6,10-11H2,1-4H3. The molecule has 3 nitrogen and oxygen atoms in total. The molecule has 1 aromatic rings. The quantitative estimate of drug-likeness (QED) is 0.891. The normalized spacial score (nSPS) is 26.3. The minimum atomic E-state index is 0.228. The molecule has 1 saturated carbocycles. The Bertz CT molecular complexity index is 496. The van der Waals surface area contributed by atoms with Gasteiger partial charge in [0.25, 0.3) is 0 Å². The first-order valence-electron chi connectivity index (χ1n) is 8.32. The van der Waals surface area contributed by atoms with Crippen molar-refractivity contribution in [2.75, 3.05) is 11.9 Å². The van der Waals surface area contributed by atoms with E-state index in [1.165, 1.54) is 37.1 Å². The van der Waals surface area contributed by atoms with E-state index in [0.717, 1.165) is 17.8 Å². The molecule has 3 heteroatoms. The molecule has 0 amide bonds. The summed E-state index contributed by atoms with van der Waals surface area (Å²) >= 11 is 0. The lowest BCUT2D eigenvalue weighted by Crippen LogP contribution is -2.31. The maximum absolute atomic E-state index is 5.76. The van der Waals surface area contributed by atoms with E-state index >= 15 is 0 Å². The highest BCUT2D eigenvalue weighted by Gasteiger charge is 2.38. The number of benzene rings is 1. The van der Waals surface area contributed by atoms with Crippen LogP contribution in [0, 0.1) is 6.92 Å². The zero-order valence-electron chi connectivity index (χ0n) is 13.7. The molecule has 0 spiro atoms. The van der Waals surface area contributed by atoms with E-state index in [4.69, 9.17) is 4.74 Å². The second-order valence-electron chi connectivity index (χ2n) is 7.00. The number of hydrogen-bond donors (Lipinski definition) is 1. The molecule has 0 bridgehead atoms. The molecule has 0 radical (unpaired) electrons. The fourth-order valence-corrected chi connectivity index (χ4v) is 3.44. The molecule has 1 aromatic carbocycles. The van der Waals surface area contributed by atoms with Crippen molar-refractivity contribution >= 4 is 5.69 Å². The van der Waals surface area contributed by atoms with Gasteiger partial charge in [-0.2, -0.15) is 0 Å². The summed E-state index contributed by atoms with van der Waals surface area (Å²) in [4.78, 5) is 2.68. The average molecular weight is 288 g/mol. The lowest BCUT2D eigenvalue weighted by Gasteiger charge is -2.20. The van der Waals surface area contributed by atoms with Gasteiger partial charge in [-0.1, -0.05) is 0 Å². The molecule has 1 aliphatic heterocycles. The monoisotopic (exact) mass is 288 g/mol. The van der Waals surface area contributed by atoms with Crippen LogP contribution in [0.2, 0.25) is 0 Å². The average Bonchev–Trinajstić information content (AvgIpc) is 3.17. The van der Waals surface area contributed by atoms with Gasteiger partial charge in [-0.3, -0.25) is 4.90 Å². The van der Waals surface area contributed by atoms with Gasteiger partial charge in [0.15, 0.2) is 0 Å². The maximum atomic E-state index is 5.76. The number of nitrogens with one attached hydrogen (secondary N) is 1. The second kappa shape index (κ2) is 5.88. The van der Waals surface area contributed by atoms with Crippen molar-refractivity contribution in [3.05, 3.63) is 23.8 Å². The molecule has 1 saturated heterocycles. The van der Waals surface area contributed by atoms with E-state index in [1.54, 1.807) is 0 Å². The molecule has 2 fully saturated rings. The zero-order valence-corrected chi connectivity index (χ0v) is 13.7. The summed E-state index contributed by atoms with van der Waals surface area (Å²) in [6.07, 6.45) is 4.28. The van der Waals surface area contributed by atoms with Gasteiger partial charge >= 0.3 is 0 Å². The van der Waals surface area contributed by atoms with Crippen LogP contribution in [-0.4, -0.2) is 35.7 Å². The predicted molar refractivity (Wildman–Crippen MR) is 88.2 cm³/mol. The smallest absolute Gasteiger partial charge is 0.120 e. The molecule has 1 N–H and O–H groups in total. The lowest BCUT2D eigenvalue weighted by molar-refractivity contribution is 0.242. The molecule has 116 valence electrons. The van der Waals surface area contributed by atoms with Crippen molar-refractivity contribution in [2.45, 2.75) is 71.2 Å². The number of anilines is 1. The summed E-state index contributed by atoms with van der Waals surface area (Å²) in [6, 6.07) is 8.55. The van der Waals surface area contributed by atoms with Crippen LogP contribution in [0.3, 0.4) is 0 Å². The molecule has 3 rings (SSSR count). The first-order valence-corrected chi connectivity index (χ1v) is 8.32. The van der Waals surface area contributed by atoms with Crippen molar-refractivity contribution in [1.82, 2.24) is 4.90 Å². The minimum Gasteiger partial charge on any atom is -0.491 e. The number of likely N-dealkylation sites (tertiary alicyclic amines) is 1. The van der Waals surface area contributed by atoms with Crippen molar-refractivity contribution in [3.8, 4) is 5.75 Å². The zero-order chi connectivity index (χ0) is 15.0. The first-order chi connectivity index (χ1) is 10.0. The van der Waals surface area contributed by atoms with Crippen LogP contribution in [0.25, 0.3) is 0 Å². The SMILES string of the molecule is Cc1cc(OC(C)C)ccc1NC1CC(C)N(C2CC2)C1. The third-order valence-electron chi connectivity index (χ3n) is 4.57. The van der Waals surface area contributed by atoms with Crippen molar-refractivity contribution < 1.29 is 4.74 Å². The molecule has 2 aliphatic rings. The number of ether oxygens (including phenoxy) is 1. The number of hydrogen-bond acceptors (Lipinski definition) is 3. The number of nitrogens with zero attached hydrogens (tertiary/aromatic N) is 1. The Hall–Kier alpha value is -1.22. The molecule has 1 aliphatic carbocycles. The van der Waals surface area contributed by atoms with E-state index < -0.39 is 0 Å². The van der Waals surface area contributed by atoms with Crippen molar-refractivity contribution in [1.29, 1.82) is 0 Å². The number of aryl methyl sites for hydroxylation is 1. The summed E-state index contributed by atoms with van der Waals surface area (Å²) in [7, 11) is 0. The highest BCUT2D eigenvalue weighted by atomic mass is 16.5. The topological polar surface area (TPSA) is 24.5 Å². The maximum Gasteiger partial charge on any atom is 0.120 e. The summed E-state index contributed by atoms with van der Waals surface area (Å²) in [5.74, 6) is 0.965. The Morgan fingerprint density at radius 3 is 2.67 bits per heavy atom. The van der Waals surface area contributed by atoms with Gasteiger partial charge in [0.2, 0.25) is 0 Å². The molecule has 21 heavy (non-hydrogen) atoms. The molecule has 2 unspecified atom stereocenters. The molecular formula is C18H28N2O. The van der Waals surface area contributed by atoms with Crippen LogP contribution in [0.4, 0.5) is 5.69 Å². The van der Waals surface area contributed by atoms with Gasteiger partial charge in [0.1, 0.15) is 5.75 Å². The van der Waals surface area contributed by atoms with Gasteiger partial charge in [0, 0.05) is 30.4 Å². The van der Waals surface area contributed by atoms with E-state index in [2.05, 4.69) is 56.1 Å². The van der Waals surface area contributed by atoms with E-state index in [0.29, 0.717) is 6.04 Å². The lowest BCUT2D eigenvalue weighted by atomic mass is 10.1. The third-order valence-corrected chi connectivity index (χ3v) is 4.57. The Labute approximate surface area is 128 Å². The Morgan fingerprint density at radius 1 is 1.29 bits per heavy atom. The van der Waals surface area contributed by atoms with E-state index in [9.17, 15) is 0 Å². The van der Waals surface area contributed by atoms with Crippen LogP contribution in [-0.2, 0) is 0 Å². The van der Waals surface area contributed by atoms with Crippen LogP contribution in [0.15, 0.2) is 18.2 Å². The summed E-state index contributed by atoms with van der Waals surface area (Å²) in [6.45, 7) is 9.84. The van der Waals surface area contributed by atoms with Crippen molar-refractivity contribution in [2.24, 2.45) is 0 Å². The predicted octanol–water partition coefficient (Wildman–Crippen LogP) is 3.82. The molecule has 1 heterocycles. The largest absolute Gasteiger partial charge is 0.491 e. The van der Waals surface area contributed by atoms with E-state index in [1.807, 2.05) is 0 Å². The molecule has 0 aromatic heterocycles. The van der Waals surface area contributed by atoms with Crippen LogP contribution < -0.4 is 10.1 Å². The Morgan fingerprint density at radius 2 is 2.05 bits per heavy atom. The highest BCUT2D eigenvalue weighted by Crippen LogP contribution is 2.34. The van der Waals surface area contributed by atoms with Crippen LogP contribution in [0.5, 0.6) is 5.75 Å². The molecular weight excluding hydrogens is 260 g/mol. The van der Waals surface area contributed by atoms with Gasteiger partial charge in [-0.05, 0) is 70.7 Å². The Balaban J connectivity index is 1.62. The van der Waals surface area contributed by atoms with Gasteiger partial charge in [0.05, 0.1) is 6.10 Å². The molecule has 2 atom stereocenters. The third kappa shape index (κ3) is 3.52. The highest BCUT2D eigenvalue weighted by molar-refractivity contribution is 5.54. The number of rotatable bonds is 5. The van der Waals surface area contributed by atoms with Crippen LogP contribution >= 0.6 is 0 Å². The van der Waals surface area contributed by atoms with Gasteiger partial charge in [-0.25, -0.2) is 0 Å². The summed E-state index contributed by atoms with van der Waals surface area (Å²) in [5.41, 5.74) is 2.52. The van der Waals surface area contributed by atoms with Crippen LogP contribution in [0.1, 0.15) is 45.6 Å². The summed E-state index contributed by atoms with van der Waals surface area (Å²) in [5, 5.41) is 3.74. The van der Waals surface area contributed by atoms with Gasteiger partial charge < -0.3 is 10.1 Å². The first kappa shape index (κ1) is 14.7. The Kier molecular flexibility index (Phi) is 4.12. The fraction of sp³-hybridized carbons (Fsp3) is 0.667. The van der Waals surface area contributed by atoms with Gasteiger partial charge in [-0.15, -0.1) is 0 Å².